The second-order valence-corrected chi connectivity index (χ2v) is 5.99. The summed E-state index contributed by atoms with van der Waals surface area (Å²) in [5.74, 6) is -0.991. The first-order valence-electron chi connectivity index (χ1n) is 5.97. The number of benzene rings is 1. The Hall–Kier alpha value is -1.56. The zero-order valence-corrected chi connectivity index (χ0v) is 13.3. The smallest absolute Gasteiger partial charge is 0.349 e. The molecule has 110 valence electrons. The summed E-state index contributed by atoms with van der Waals surface area (Å²) in [5, 5.41) is 5.16. The van der Waals surface area contributed by atoms with Crippen LogP contribution in [0.25, 0.3) is 0 Å². The van der Waals surface area contributed by atoms with E-state index < -0.39 is 18.0 Å². The molecule has 2 rings (SSSR count). The van der Waals surface area contributed by atoms with Gasteiger partial charge in [0, 0.05) is 15.7 Å². The van der Waals surface area contributed by atoms with Gasteiger partial charge in [-0.2, -0.15) is 0 Å². The molecule has 4 nitrogen and oxygen atoms in total. The number of halogens is 2. The van der Waals surface area contributed by atoms with Gasteiger partial charge < -0.3 is 10.1 Å². The summed E-state index contributed by atoms with van der Waals surface area (Å²) in [4.78, 5) is 24.2. The number of amides is 1. The summed E-state index contributed by atoms with van der Waals surface area (Å²) >= 11 is 12.9. The molecule has 0 aliphatic heterocycles. The Morgan fingerprint density at radius 3 is 2.48 bits per heavy atom. The highest BCUT2D eigenvalue weighted by atomic mass is 35.5. The van der Waals surface area contributed by atoms with Crippen LogP contribution in [0, 0.1) is 0 Å². The van der Waals surface area contributed by atoms with Crippen molar-refractivity contribution in [3.05, 3.63) is 50.6 Å². The fraction of sp³-hybridized carbons (Fsp3) is 0.143. The van der Waals surface area contributed by atoms with Crippen LogP contribution < -0.4 is 5.32 Å². The third-order valence-corrected chi connectivity index (χ3v) is 3.79. The van der Waals surface area contributed by atoms with E-state index in [9.17, 15) is 9.59 Å². The summed E-state index contributed by atoms with van der Waals surface area (Å²) in [5.41, 5.74) is 0.441. The van der Waals surface area contributed by atoms with Crippen molar-refractivity contribution >= 4 is 52.1 Å². The lowest BCUT2D eigenvalue weighted by atomic mass is 10.3. The van der Waals surface area contributed by atoms with Gasteiger partial charge >= 0.3 is 5.97 Å². The Labute approximate surface area is 135 Å². The molecule has 0 aliphatic rings. The van der Waals surface area contributed by atoms with Crippen molar-refractivity contribution in [1.82, 2.24) is 0 Å². The van der Waals surface area contributed by atoms with E-state index in [0.29, 0.717) is 20.6 Å². The number of hydrogen-bond acceptors (Lipinski definition) is 4. The molecule has 0 bridgehead atoms. The Morgan fingerprint density at radius 2 is 1.90 bits per heavy atom. The molecular weight excluding hydrogens is 333 g/mol. The normalized spacial score (nSPS) is 11.8. The number of carbonyl (C=O) groups excluding carboxylic acids is 2. The summed E-state index contributed by atoms with van der Waals surface area (Å²) in [6.07, 6.45) is -0.933. The molecule has 0 aliphatic carbocycles. The van der Waals surface area contributed by atoms with Crippen molar-refractivity contribution in [3.8, 4) is 0 Å². The molecule has 21 heavy (non-hydrogen) atoms. The molecule has 0 saturated carbocycles. The molecule has 0 saturated heterocycles. The number of rotatable bonds is 4. The van der Waals surface area contributed by atoms with E-state index in [0.717, 1.165) is 0 Å². The van der Waals surface area contributed by atoms with E-state index in [4.69, 9.17) is 27.9 Å². The lowest BCUT2D eigenvalue weighted by molar-refractivity contribution is -0.123. The number of nitrogens with one attached hydrogen (secondary N) is 1. The van der Waals surface area contributed by atoms with Crippen LogP contribution in [0.2, 0.25) is 10.0 Å². The fourth-order valence-electron chi connectivity index (χ4n) is 1.54. The minimum atomic E-state index is -0.933. The maximum Gasteiger partial charge on any atom is 0.349 e. The van der Waals surface area contributed by atoms with Crippen molar-refractivity contribution in [2.75, 3.05) is 5.32 Å². The second kappa shape index (κ2) is 6.93. The molecule has 1 N–H and O–H groups in total. The standard InChI is InChI=1S/C14H11Cl2NO3S/c1-8(20-14(19)12-3-2-4-21-12)13(18)17-11-6-9(15)5-10(16)7-11/h2-8H,1H3,(H,17,18)/t8-/m1/s1. The van der Waals surface area contributed by atoms with Gasteiger partial charge in [-0.3, -0.25) is 4.79 Å². The summed E-state index contributed by atoms with van der Waals surface area (Å²) < 4.78 is 5.08. The van der Waals surface area contributed by atoms with Crippen LogP contribution in [0.4, 0.5) is 5.69 Å². The Kier molecular flexibility index (Phi) is 5.22. The maximum atomic E-state index is 12.0. The third-order valence-electron chi connectivity index (χ3n) is 2.51. The highest BCUT2D eigenvalue weighted by Crippen LogP contribution is 2.22. The van der Waals surface area contributed by atoms with Crippen LogP contribution in [-0.2, 0) is 9.53 Å². The zero-order valence-electron chi connectivity index (χ0n) is 10.9. The van der Waals surface area contributed by atoms with Gasteiger partial charge in [0.25, 0.3) is 5.91 Å². The van der Waals surface area contributed by atoms with Crippen molar-refractivity contribution in [2.45, 2.75) is 13.0 Å². The average molecular weight is 344 g/mol. The minimum Gasteiger partial charge on any atom is -0.448 e. The summed E-state index contributed by atoms with van der Waals surface area (Å²) in [6.45, 7) is 1.49. The zero-order chi connectivity index (χ0) is 15.4. The number of anilines is 1. The highest BCUT2D eigenvalue weighted by Gasteiger charge is 2.19. The number of esters is 1. The largest absolute Gasteiger partial charge is 0.448 e. The maximum absolute atomic E-state index is 12.0. The van der Waals surface area contributed by atoms with Crippen LogP contribution in [0.3, 0.4) is 0 Å². The lowest BCUT2D eigenvalue weighted by Crippen LogP contribution is -2.29. The number of carbonyl (C=O) groups is 2. The molecule has 7 heteroatoms. The monoisotopic (exact) mass is 343 g/mol. The lowest BCUT2D eigenvalue weighted by Gasteiger charge is -2.13. The predicted molar refractivity (Wildman–Crippen MR) is 84.3 cm³/mol. The van der Waals surface area contributed by atoms with E-state index in [-0.39, 0.29) is 0 Å². The molecule has 0 fully saturated rings. The molecule has 0 spiro atoms. The molecule has 1 amide bonds. The van der Waals surface area contributed by atoms with Gasteiger partial charge in [-0.25, -0.2) is 4.79 Å². The van der Waals surface area contributed by atoms with E-state index in [2.05, 4.69) is 5.32 Å². The van der Waals surface area contributed by atoms with Gasteiger partial charge in [0.1, 0.15) is 4.88 Å². The first-order valence-corrected chi connectivity index (χ1v) is 7.60. The Bertz CT molecular complexity index is 638. The summed E-state index contributed by atoms with van der Waals surface area (Å²) in [6, 6.07) is 8.03. The highest BCUT2D eigenvalue weighted by molar-refractivity contribution is 7.11. The van der Waals surface area contributed by atoms with Gasteiger partial charge in [-0.1, -0.05) is 29.3 Å². The van der Waals surface area contributed by atoms with Gasteiger partial charge in [0.15, 0.2) is 6.10 Å². The van der Waals surface area contributed by atoms with Crippen molar-refractivity contribution in [2.24, 2.45) is 0 Å². The Balaban J connectivity index is 1.98. The molecule has 1 aromatic carbocycles. The van der Waals surface area contributed by atoms with Gasteiger partial charge in [-0.05, 0) is 36.6 Å². The number of hydrogen-bond donors (Lipinski definition) is 1. The van der Waals surface area contributed by atoms with Gasteiger partial charge in [0.2, 0.25) is 0 Å². The van der Waals surface area contributed by atoms with Crippen molar-refractivity contribution < 1.29 is 14.3 Å². The van der Waals surface area contributed by atoms with E-state index in [1.54, 1.807) is 35.7 Å². The molecule has 1 atom stereocenters. The number of ether oxygens (including phenoxy) is 1. The second-order valence-electron chi connectivity index (χ2n) is 4.17. The van der Waals surface area contributed by atoms with Crippen molar-refractivity contribution in [3.63, 3.8) is 0 Å². The molecular formula is C14H11Cl2NO3S. The van der Waals surface area contributed by atoms with Crippen LogP contribution in [0.15, 0.2) is 35.7 Å². The average Bonchev–Trinajstić information content (AvgIpc) is 2.91. The van der Waals surface area contributed by atoms with Crippen LogP contribution in [-0.4, -0.2) is 18.0 Å². The van der Waals surface area contributed by atoms with E-state index in [1.165, 1.54) is 18.3 Å². The van der Waals surface area contributed by atoms with Crippen molar-refractivity contribution in [1.29, 1.82) is 0 Å². The Morgan fingerprint density at radius 1 is 1.24 bits per heavy atom. The van der Waals surface area contributed by atoms with Gasteiger partial charge in [0.05, 0.1) is 0 Å². The van der Waals surface area contributed by atoms with E-state index in [1.807, 2.05) is 0 Å². The molecule has 1 heterocycles. The summed E-state index contributed by atoms with van der Waals surface area (Å²) in [7, 11) is 0. The topological polar surface area (TPSA) is 55.4 Å². The molecule has 1 aromatic heterocycles. The van der Waals surface area contributed by atoms with Crippen LogP contribution in [0.1, 0.15) is 16.6 Å². The van der Waals surface area contributed by atoms with Crippen LogP contribution in [0.5, 0.6) is 0 Å². The predicted octanol–water partition coefficient (Wildman–Crippen LogP) is 4.24. The molecule has 2 aromatic rings. The quantitative estimate of drug-likeness (QED) is 0.844. The SMILES string of the molecule is C[C@@H](OC(=O)c1cccs1)C(=O)Nc1cc(Cl)cc(Cl)c1. The first-order chi connectivity index (χ1) is 9.95. The molecule has 0 unspecified atom stereocenters. The number of thiophene rings is 1. The van der Waals surface area contributed by atoms with E-state index >= 15 is 0 Å². The van der Waals surface area contributed by atoms with Crippen LogP contribution >= 0.6 is 34.5 Å². The first kappa shape index (κ1) is 15.8. The van der Waals surface area contributed by atoms with Gasteiger partial charge in [-0.15, -0.1) is 11.3 Å². The fourth-order valence-corrected chi connectivity index (χ4v) is 2.67. The third kappa shape index (κ3) is 4.46. The molecule has 0 radical (unpaired) electrons. The minimum absolute atomic E-state index is 0.404.